The van der Waals surface area contributed by atoms with E-state index >= 15 is 0 Å². The Kier molecular flexibility index (Phi) is 5.49. The highest BCUT2D eigenvalue weighted by atomic mass is 35.5. The zero-order chi connectivity index (χ0) is 15.2. The van der Waals surface area contributed by atoms with Gasteiger partial charge in [-0.25, -0.2) is 0 Å². The van der Waals surface area contributed by atoms with E-state index in [1.165, 1.54) is 23.1 Å². The molecule has 0 saturated carbocycles. The normalized spacial score (nSPS) is 15.9. The lowest BCUT2D eigenvalue weighted by Crippen LogP contribution is -2.36. The third kappa shape index (κ3) is 4.10. The van der Waals surface area contributed by atoms with E-state index in [0.717, 1.165) is 44.3 Å². The summed E-state index contributed by atoms with van der Waals surface area (Å²) in [5, 5.41) is 0.786. The van der Waals surface area contributed by atoms with E-state index in [1.807, 2.05) is 12.1 Å². The third-order valence-corrected chi connectivity index (χ3v) is 4.45. The average molecular weight is 316 g/mol. The highest BCUT2D eigenvalue weighted by Gasteiger charge is 2.10. The van der Waals surface area contributed by atoms with E-state index < -0.39 is 0 Å². The highest BCUT2D eigenvalue weighted by Crippen LogP contribution is 2.26. The van der Waals surface area contributed by atoms with Gasteiger partial charge in [-0.3, -0.25) is 4.90 Å². The lowest BCUT2D eigenvalue weighted by molar-refractivity contribution is 0.0375. The highest BCUT2D eigenvalue weighted by molar-refractivity contribution is 6.30. The summed E-state index contributed by atoms with van der Waals surface area (Å²) >= 11 is 5.99. The Labute approximate surface area is 137 Å². The fourth-order valence-electron chi connectivity index (χ4n) is 2.97. The number of hydrogen-bond donors (Lipinski definition) is 0. The maximum atomic E-state index is 5.99. The molecule has 3 heteroatoms. The third-order valence-electron chi connectivity index (χ3n) is 4.20. The van der Waals surface area contributed by atoms with Gasteiger partial charge >= 0.3 is 0 Å². The summed E-state index contributed by atoms with van der Waals surface area (Å²) in [5.41, 5.74) is 3.98. The molecule has 0 radical (unpaired) electrons. The quantitative estimate of drug-likeness (QED) is 0.817. The van der Waals surface area contributed by atoms with E-state index in [4.69, 9.17) is 16.3 Å². The molecule has 0 N–H and O–H groups in total. The van der Waals surface area contributed by atoms with Crippen LogP contribution in [0.4, 0.5) is 0 Å². The molecule has 0 aliphatic carbocycles. The van der Waals surface area contributed by atoms with E-state index in [9.17, 15) is 0 Å². The maximum Gasteiger partial charge on any atom is 0.0594 e. The summed E-state index contributed by atoms with van der Waals surface area (Å²) in [5.74, 6) is 0. The number of morpholine rings is 1. The first kappa shape index (κ1) is 15.5. The topological polar surface area (TPSA) is 12.5 Å². The Morgan fingerprint density at radius 1 is 0.955 bits per heavy atom. The Morgan fingerprint density at radius 3 is 2.45 bits per heavy atom. The van der Waals surface area contributed by atoms with Gasteiger partial charge < -0.3 is 4.74 Å². The summed E-state index contributed by atoms with van der Waals surface area (Å²) in [6.45, 7) is 5.04. The van der Waals surface area contributed by atoms with Crippen molar-refractivity contribution in [2.45, 2.75) is 12.8 Å². The molecule has 2 aromatic carbocycles. The van der Waals surface area contributed by atoms with Crippen LogP contribution in [0.15, 0.2) is 48.5 Å². The molecule has 0 unspecified atom stereocenters. The number of halogens is 1. The molecule has 1 saturated heterocycles. The van der Waals surface area contributed by atoms with Crippen LogP contribution < -0.4 is 0 Å². The standard InChI is InChI=1S/C19H22ClNO/c20-18-9-7-17(8-10-18)19-6-2-1-4-16(19)5-3-11-21-12-14-22-15-13-21/h1-2,4,6-10H,3,5,11-15H2. The van der Waals surface area contributed by atoms with Crippen molar-refractivity contribution in [2.75, 3.05) is 32.8 Å². The van der Waals surface area contributed by atoms with Gasteiger partial charge in [-0.05, 0) is 48.2 Å². The van der Waals surface area contributed by atoms with Crippen LogP contribution in [0.1, 0.15) is 12.0 Å². The Morgan fingerprint density at radius 2 is 1.68 bits per heavy atom. The molecule has 22 heavy (non-hydrogen) atoms. The monoisotopic (exact) mass is 315 g/mol. The molecule has 0 amide bonds. The van der Waals surface area contributed by atoms with Gasteiger partial charge in [0.05, 0.1) is 13.2 Å². The van der Waals surface area contributed by atoms with Crippen LogP contribution in [0.2, 0.25) is 5.02 Å². The van der Waals surface area contributed by atoms with Crippen molar-refractivity contribution in [3.05, 3.63) is 59.1 Å². The number of aryl methyl sites for hydroxylation is 1. The van der Waals surface area contributed by atoms with Gasteiger partial charge in [-0.2, -0.15) is 0 Å². The minimum Gasteiger partial charge on any atom is -0.379 e. The van der Waals surface area contributed by atoms with Gasteiger partial charge in [0.15, 0.2) is 0 Å². The smallest absolute Gasteiger partial charge is 0.0594 e. The number of nitrogens with zero attached hydrogens (tertiary/aromatic N) is 1. The van der Waals surface area contributed by atoms with Crippen LogP contribution in [0.25, 0.3) is 11.1 Å². The summed E-state index contributed by atoms with van der Waals surface area (Å²) in [6, 6.07) is 16.8. The van der Waals surface area contributed by atoms with Crippen LogP contribution >= 0.6 is 11.6 Å². The van der Waals surface area contributed by atoms with Crippen molar-refractivity contribution in [2.24, 2.45) is 0 Å². The number of rotatable bonds is 5. The Balaban J connectivity index is 1.64. The van der Waals surface area contributed by atoms with Crippen LogP contribution in [-0.2, 0) is 11.2 Å². The van der Waals surface area contributed by atoms with Crippen LogP contribution in [0, 0.1) is 0 Å². The molecule has 1 heterocycles. The average Bonchev–Trinajstić information content (AvgIpc) is 2.57. The zero-order valence-electron chi connectivity index (χ0n) is 12.8. The van der Waals surface area contributed by atoms with E-state index in [2.05, 4.69) is 41.3 Å². The first-order valence-corrected chi connectivity index (χ1v) is 8.35. The van der Waals surface area contributed by atoms with Crippen molar-refractivity contribution < 1.29 is 4.74 Å². The van der Waals surface area contributed by atoms with Gasteiger partial charge in [0.2, 0.25) is 0 Å². The van der Waals surface area contributed by atoms with Gasteiger partial charge in [0, 0.05) is 18.1 Å². The zero-order valence-corrected chi connectivity index (χ0v) is 13.6. The molecule has 1 aliphatic heterocycles. The summed E-state index contributed by atoms with van der Waals surface area (Å²) < 4.78 is 5.40. The van der Waals surface area contributed by atoms with E-state index in [1.54, 1.807) is 0 Å². The van der Waals surface area contributed by atoms with Gasteiger partial charge in [0.25, 0.3) is 0 Å². The molecule has 0 spiro atoms. The molecular weight excluding hydrogens is 294 g/mol. The van der Waals surface area contributed by atoms with Crippen molar-refractivity contribution in [1.29, 1.82) is 0 Å². The molecule has 116 valence electrons. The van der Waals surface area contributed by atoms with Gasteiger partial charge in [-0.1, -0.05) is 48.0 Å². The van der Waals surface area contributed by atoms with E-state index in [0.29, 0.717) is 0 Å². The molecule has 1 fully saturated rings. The van der Waals surface area contributed by atoms with Crippen molar-refractivity contribution in [1.82, 2.24) is 4.90 Å². The predicted molar refractivity (Wildman–Crippen MR) is 92.5 cm³/mol. The summed E-state index contributed by atoms with van der Waals surface area (Å²) in [4.78, 5) is 2.49. The summed E-state index contributed by atoms with van der Waals surface area (Å²) in [6.07, 6.45) is 2.29. The Bertz CT molecular complexity index is 591. The first-order valence-electron chi connectivity index (χ1n) is 7.97. The number of benzene rings is 2. The van der Waals surface area contributed by atoms with Crippen molar-refractivity contribution in [3.8, 4) is 11.1 Å². The SMILES string of the molecule is Clc1ccc(-c2ccccc2CCCN2CCOCC2)cc1. The van der Waals surface area contributed by atoms with E-state index in [-0.39, 0.29) is 0 Å². The van der Waals surface area contributed by atoms with Crippen LogP contribution in [0.3, 0.4) is 0 Å². The lowest BCUT2D eigenvalue weighted by Gasteiger charge is -2.26. The Hall–Kier alpha value is -1.35. The minimum absolute atomic E-state index is 0.786. The van der Waals surface area contributed by atoms with Crippen LogP contribution in [-0.4, -0.2) is 37.7 Å². The fraction of sp³-hybridized carbons (Fsp3) is 0.368. The van der Waals surface area contributed by atoms with Crippen molar-refractivity contribution in [3.63, 3.8) is 0 Å². The van der Waals surface area contributed by atoms with Crippen LogP contribution in [0.5, 0.6) is 0 Å². The second kappa shape index (κ2) is 7.77. The molecule has 3 rings (SSSR count). The molecule has 0 bridgehead atoms. The fourth-order valence-corrected chi connectivity index (χ4v) is 3.09. The molecule has 2 nitrogen and oxygen atoms in total. The minimum atomic E-state index is 0.786. The molecule has 0 aromatic heterocycles. The second-order valence-electron chi connectivity index (χ2n) is 5.72. The summed E-state index contributed by atoms with van der Waals surface area (Å²) in [7, 11) is 0. The molecule has 1 aliphatic rings. The van der Waals surface area contributed by atoms with Gasteiger partial charge in [0.1, 0.15) is 0 Å². The van der Waals surface area contributed by atoms with Crippen molar-refractivity contribution >= 4 is 11.6 Å². The molecular formula is C19H22ClNO. The molecule has 2 aromatic rings. The lowest BCUT2D eigenvalue weighted by atomic mass is 9.97. The van der Waals surface area contributed by atoms with Gasteiger partial charge in [-0.15, -0.1) is 0 Å². The number of hydrogen-bond acceptors (Lipinski definition) is 2. The number of ether oxygens (including phenoxy) is 1. The predicted octanol–water partition coefficient (Wildman–Crippen LogP) is 4.27. The first-order chi connectivity index (χ1) is 10.8. The largest absolute Gasteiger partial charge is 0.379 e. The second-order valence-corrected chi connectivity index (χ2v) is 6.16. The molecule has 0 atom stereocenters. The maximum absolute atomic E-state index is 5.99.